The van der Waals surface area contributed by atoms with E-state index < -0.39 is 9.84 Å². The molecule has 0 radical (unpaired) electrons. The molecule has 1 aliphatic rings. The smallest absolute Gasteiger partial charge is 0.251 e. The van der Waals surface area contributed by atoms with Gasteiger partial charge in [0.25, 0.3) is 5.91 Å². The number of nitrogens with zero attached hydrogens (tertiary/aromatic N) is 1. The van der Waals surface area contributed by atoms with Crippen molar-refractivity contribution in [3.8, 4) is 0 Å². The molecule has 128 valence electrons. The van der Waals surface area contributed by atoms with E-state index in [1.165, 1.54) is 31.4 Å². The van der Waals surface area contributed by atoms with Crippen molar-refractivity contribution in [2.75, 3.05) is 25.9 Å². The molecule has 0 bridgehead atoms. The molecule has 1 aromatic carbocycles. The van der Waals surface area contributed by atoms with Crippen LogP contribution in [-0.4, -0.2) is 50.7 Å². The lowest BCUT2D eigenvalue weighted by atomic mass is 9.98. The molecule has 1 N–H and O–H groups in total. The number of rotatable bonds is 5. The van der Waals surface area contributed by atoms with Crippen LogP contribution in [0.5, 0.6) is 0 Å². The van der Waals surface area contributed by atoms with Crippen LogP contribution in [0.3, 0.4) is 0 Å². The maximum absolute atomic E-state index is 12.3. The van der Waals surface area contributed by atoms with E-state index in [0.29, 0.717) is 12.1 Å². The highest BCUT2D eigenvalue weighted by molar-refractivity contribution is 7.90. The predicted molar refractivity (Wildman–Crippen MR) is 91.4 cm³/mol. The van der Waals surface area contributed by atoms with Gasteiger partial charge in [-0.15, -0.1) is 0 Å². The summed E-state index contributed by atoms with van der Waals surface area (Å²) in [4.78, 5) is 14.9. The molecule has 0 unspecified atom stereocenters. The third-order valence-electron chi connectivity index (χ3n) is 4.42. The van der Waals surface area contributed by atoms with Crippen LogP contribution in [0, 0.1) is 0 Å². The predicted octanol–water partition coefficient (Wildman–Crippen LogP) is 2.08. The summed E-state index contributed by atoms with van der Waals surface area (Å²) in [6.07, 6.45) is 4.82. The highest BCUT2D eigenvalue weighted by Gasteiger charge is 2.28. The number of carbonyl (C=O) groups is 1. The number of hydrogen-bond donors (Lipinski definition) is 1. The van der Waals surface area contributed by atoms with E-state index in [2.05, 4.69) is 24.1 Å². The Labute approximate surface area is 139 Å². The lowest BCUT2D eigenvalue weighted by molar-refractivity contribution is 0.0797. The van der Waals surface area contributed by atoms with Crippen molar-refractivity contribution < 1.29 is 13.2 Å². The number of amides is 1. The number of carbonyl (C=O) groups excluding carboxylic acids is 1. The van der Waals surface area contributed by atoms with Crippen LogP contribution < -0.4 is 5.32 Å². The SMILES string of the molecule is CC(C)(CNC(=O)c1cccc(S(C)(=O)=O)c1)N1CCCCC1. The largest absolute Gasteiger partial charge is 0.350 e. The summed E-state index contributed by atoms with van der Waals surface area (Å²) in [5.41, 5.74) is 0.271. The molecule has 1 fully saturated rings. The summed E-state index contributed by atoms with van der Waals surface area (Å²) >= 11 is 0. The topological polar surface area (TPSA) is 66.5 Å². The van der Waals surface area contributed by atoms with Gasteiger partial charge in [0.15, 0.2) is 9.84 Å². The summed E-state index contributed by atoms with van der Waals surface area (Å²) in [5.74, 6) is -0.236. The van der Waals surface area contributed by atoms with Crippen molar-refractivity contribution in [1.82, 2.24) is 10.2 Å². The van der Waals surface area contributed by atoms with Crippen molar-refractivity contribution in [3.63, 3.8) is 0 Å². The number of piperidine rings is 1. The molecule has 0 aromatic heterocycles. The first-order chi connectivity index (χ1) is 10.7. The van der Waals surface area contributed by atoms with Crippen LogP contribution in [0.1, 0.15) is 43.5 Å². The average molecular weight is 338 g/mol. The van der Waals surface area contributed by atoms with Crippen LogP contribution in [0.4, 0.5) is 0 Å². The van der Waals surface area contributed by atoms with E-state index in [-0.39, 0.29) is 16.3 Å². The number of hydrogen-bond acceptors (Lipinski definition) is 4. The van der Waals surface area contributed by atoms with Crippen molar-refractivity contribution in [2.45, 2.75) is 43.5 Å². The molecule has 0 spiro atoms. The van der Waals surface area contributed by atoms with Crippen molar-refractivity contribution in [1.29, 1.82) is 0 Å². The van der Waals surface area contributed by atoms with Gasteiger partial charge in [0.05, 0.1) is 4.90 Å². The zero-order valence-corrected chi connectivity index (χ0v) is 14.9. The van der Waals surface area contributed by atoms with Crippen LogP contribution in [-0.2, 0) is 9.84 Å². The Morgan fingerprint density at radius 2 is 1.87 bits per heavy atom. The molecule has 1 saturated heterocycles. The average Bonchev–Trinajstić information content (AvgIpc) is 2.53. The van der Waals surface area contributed by atoms with Gasteiger partial charge in [-0.1, -0.05) is 12.5 Å². The highest BCUT2D eigenvalue weighted by atomic mass is 32.2. The Hall–Kier alpha value is -1.40. The van der Waals surface area contributed by atoms with Crippen molar-refractivity contribution in [2.24, 2.45) is 0 Å². The second-order valence-electron chi connectivity index (χ2n) is 6.84. The minimum absolute atomic E-state index is 0.107. The fourth-order valence-electron chi connectivity index (χ4n) is 2.88. The van der Waals surface area contributed by atoms with Gasteiger partial charge < -0.3 is 5.32 Å². The van der Waals surface area contributed by atoms with Gasteiger partial charge >= 0.3 is 0 Å². The fourth-order valence-corrected chi connectivity index (χ4v) is 3.54. The molecule has 1 amide bonds. The first kappa shape index (κ1) is 17.9. The number of nitrogens with one attached hydrogen (secondary N) is 1. The Morgan fingerprint density at radius 3 is 2.48 bits per heavy atom. The lowest BCUT2D eigenvalue weighted by Crippen LogP contribution is -2.53. The van der Waals surface area contributed by atoms with Crippen LogP contribution in [0.15, 0.2) is 29.2 Å². The fraction of sp³-hybridized carbons (Fsp3) is 0.588. The third-order valence-corrected chi connectivity index (χ3v) is 5.53. The molecule has 5 nitrogen and oxygen atoms in total. The maximum Gasteiger partial charge on any atom is 0.251 e. The van der Waals surface area contributed by atoms with E-state index in [9.17, 15) is 13.2 Å². The molecule has 0 saturated carbocycles. The van der Waals surface area contributed by atoms with Gasteiger partial charge in [0.1, 0.15) is 0 Å². The number of likely N-dealkylation sites (tertiary alicyclic amines) is 1. The minimum atomic E-state index is -3.31. The van der Waals surface area contributed by atoms with Gasteiger partial charge in [-0.05, 0) is 58.0 Å². The molecular weight excluding hydrogens is 312 g/mol. The first-order valence-corrected chi connectivity index (χ1v) is 9.93. The molecule has 1 aliphatic heterocycles. The Bertz CT molecular complexity index is 662. The van der Waals surface area contributed by atoms with Crippen LogP contribution >= 0.6 is 0 Å². The zero-order chi connectivity index (χ0) is 17.1. The quantitative estimate of drug-likeness (QED) is 0.893. The molecule has 1 aromatic rings. The Morgan fingerprint density at radius 1 is 1.22 bits per heavy atom. The van der Waals surface area contributed by atoms with E-state index in [1.807, 2.05) is 0 Å². The molecule has 23 heavy (non-hydrogen) atoms. The minimum Gasteiger partial charge on any atom is -0.350 e. The Kier molecular flexibility index (Phi) is 5.47. The van der Waals surface area contributed by atoms with Crippen molar-refractivity contribution >= 4 is 15.7 Å². The van der Waals surface area contributed by atoms with Crippen LogP contribution in [0.25, 0.3) is 0 Å². The third kappa shape index (κ3) is 4.78. The van der Waals surface area contributed by atoms with E-state index in [0.717, 1.165) is 19.3 Å². The van der Waals surface area contributed by atoms with Gasteiger partial charge in [-0.3, -0.25) is 9.69 Å². The summed E-state index contributed by atoms with van der Waals surface area (Å²) in [6.45, 7) is 6.92. The molecule has 2 rings (SSSR count). The lowest BCUT2D eigenvalue weighted by Gasteiger charge is -2.41. The summed E-state index contributed by atoms with van der Waals surface area (Å²) in [6, 6.07) is 6.17. The number of sulfone groups is 1. The zero-order valence-electron chi connectivity index (χ0n) is 14.1. The second kappa shape index (κ2) is 7.01. The van der Waals surface area contributed by atoms with E-state index in [4.69, 9.17) is 0 Å². The molecule has 1 heterocycles. The van der Waals surface area contributed by atoms with E-state index >= 15 is 0 Å². The van der Waals surface area contributed by atoms with Gasteiger partial charge in [0, 0.05) is 23.9 Å². The molecular formula is C17H26N2O3S. The Balaban J connectivity index is 2.02. The maximum atomic E-state index is 12.3. The standard InChI is InChI=1S/C17H26N2O3S/c1-17(2,19-10-5-4-6-11-19)13-18-16(20)14-8-7-9-15(12-14)23(3,21)22/h7-9,12H,4-6,10-11,13H2,1-3H3,(H,18,20). The number of benzene rings is 1. The summed E-state index contributed by atoms with van der Waals surface area (Å²) < 4.78 is 23.2. The molecule has 0 atom stereocenters. The monoisotopic (exact) mass is 338 g/mol. The van der Waals surface area contributed by atoms with E-state index in [1.54, 1.807) is 12.1 Å². The van der Waals surface area contributed by atoms with Gasteiger partial charge in [0.2, 0.25) is 0 Å². The normalized spacial score (nSPS) is 17.0. The van der Waals surface area contributed by atoms with Gasteiger partial charge in [-0.25, -0.2) is 8.42 Å². The summed E-state index contributed by atoms with van der Waals surface area (Å²) in [7, 11) is -3.31. The molecule has 6 heteroatoms. The highest BCUT2D eigenvalue weighted by Crippen LogP contribution is 2.20. The van der Waals surface area contributed by atoms with Crippen molar-refractivity contribution in [3.05, 3.63) is 29.8 Å². The van der Waals surface area contributed by atoms with Crippen LogP contribution in [0.2, 0.25) is 0 Å². The second-order valence-corrected chi connectivity index (χ2v) is 8.86. The summed E-state index contributed by atoms with van der Waals surface area (Å²) in [5, 5.41) is 2.94. The first-order valence-electron chi connectivity index (χ1n) is 8.03. The van der Waals surface area contributed by atoms with Gasteiger partial charge in [-0.2, -0.15) is 0 Å². The molecule has 0 aliphatic carbocycles.